The van der Waals surface area contributed by atoms with Crippen LogP contribution in [0.2, 0.25) is 0 Å². The van der Waals surface area contributed by atoms with Crippen molar-refractivity contribution in [3.05, 3.63) is 24.0 Å². The van der Waals surface area contributed by atoms with Gasteiger partial charge in [-0.05, 0) is 37.8 Å². The molecule has 0 unspecified atom stereocenters. The van der Waals surface area contributed by atoms with Crippen molar-refractivity contribution in [1.29, 1.82) is 0 Å². The quantitative estimate of drug-likeness (QED) is 0.846. The van der Waals surface area contributed by atoms with Crippen LogP contribution >= 0.6 is 0 Å². The first-order valence-electron chi connectivity index (χ1n) is 6.16. The molecule has 0 aliphatic heterocycles. The van der Waals surface area contributed by atoms with Gasteiger partial charge in [-0.25, -0.2) is 0 Å². The van der Waals surface area contributed by atoms with Gasteiger partial charge in [0.2, 0.25) is 0 Å². The minimum absolute atomic E-state index is 0.0723. The van der Waals surface area contributed by atoms with Crippen LogP contribution in [0.1, 0.15) is 44.3 Å². The highest BCUT2D eigenvalue weighted by Crippen LogP contribution is 2.28. The normalized spacial score (nSPS) is 17.9. The summed E-state index contributed by atoms with van der Waals surface area (Å²) in [7, 11) is 2.15. The molecule has 0 aromatic carbocycles. The van der Waals surface area contributed by atoms with Gasteiger partial charge >= 0.3 is 0 Å². The summed E-state index contributed by atoms with van der Waals surface area (Å²) < 4.78 is 0. The standard InChI is InChI=1S/C13H21N3/c1-3-12(14)13-8-7-11(9-15-13)16(2)10-5-4-6-10/h7-10,12H,3-6,14H2,1-2H3/t12-/m0/s1. The molecule has 1 aromatic rings. The summed E-state index contributed by atoms with van der Waals surface area (Å²) in [6.45, 7) is 2.08. The first-order chi connectivity index (χ1) is 7.72. The third kappa shape index (κ3) is 2.19. The minimum Gasteiger partial charge on any atom is -0.370 e. The highest BCUT2D eigenvalue weighted by molar-refractivity contribution is 5.45. The van der Waals surface area contributed by atoms with E-state index < -0.39 is 0 Å². The van der Waals surface area contributed by atoms with Crippen LogP contribution in [0.4, 0.5) is 5.69 Å². The Balaban J connectivity index is 2.06. The van der Waals surface area contributed by atoms with Crippen molar-refractivity contribution in [2.45, 2.75) is 44.7 Å². The van der Waals surface area contributed by atoms with Crippen LogP contribution in [-0.2, 0) is 0 Å². The van der Waals surface area contributed by atoms with Gasteiger partial charge in [0.15, 0.2) is 0 Å². The Labute approximate surface area is 97.7 Å². The van der Waals surface area contributed by atoms with Gasteiger partial charge in [-0.2, -0.15) is 0 Å². The largest absolute Gasteiger partial charge is 0.370 e. The second kappa shape index (κ2) is 4.83. The number of rotatable bonds is 4. The Hall–Kier alpha value is -1.09. The van der Waals surface area contributed by atoms with E-state index in [4.69, 9.17) is 5.73 Å². The van der Waals surface area contributed by atoms with Crippen molar-refractivity contribution in [2.24, 2.45) is 5.73 Å². The Kier molecular flexibility index (Phi) is 3.44. The molecule has 1 fully saturated rings. The molecule has 16 heavy (non-hydrogen) atoms. The molecular formula is C13H21N3. The molecule has 3 heteroatoms. The van der Waals surface area contributed by atoms with Crippen molar-refractivity contribution >= 4 is 5.69 Å². The zero-order chi connectivity index (χ0) is 11.5. The maximum atomic E-state index is 5.94. The molecule has 1 saturated carbocycles. The lowest BCUT2D eigenvalue weighted by molar-refractivity contribution is 0.401. The van der Waals surface area contributed by atoms with Crippen LogP contribution in [0.25, 0.3) is 0 Å². The average molecular weight is 219 g/mol. The lowest BCUT2D eigenvalue weighted by Crippen LogP contribution is -2.37. The fourth-order valence-electron chi connectivity index (χ4n) is 2.02. The summed E-state index contributed by atoms with van der Waals surface area (Å²) in [5.41, 5.74) is 8.14. The first kappa shape index (κ1) is 11.4. The molecule has 88 valence electrons. The SMILES string of the molecule is CC[C@H](N)c1ccc(N(C)C2CCC2)cn1. The van der Waals surface area contributed by atoms with Crippen molar-refractivity contribution in [3.8, 4) is 0 Å². The van der Waals surface area contributed by atoms with Gasteiger partial charge < -0.3 is 10.6 Å². The first-order valence-corrected chi connectivity index (χ1v) is 6.16. The summed E-state index contributed by atoms with van der Waals surface area (Å²) >= 11 is 0. The summed E-state index contributed by atoms with van der Waals surface area (Å²) in [6, 6.07) is 4.98. The van der Waals surface area contributed by atoms with Gasteiger partial charge in [0, 0.05) is 19.1 Å². The third-order valence-electron chi connectivity index (χ3n) is 3.62. The molecule has 2 rings (SSSR count). The van der Waals surface area contributed by atoms with Crippen LogP contribution in [0, 0.1) is 0 Å². The Morgan fingerprint density at radius 2 is 2.25 bits per heavy atom. The predicted octanol–water partition coefficient (Wildman–Crippen LogP) is 2.48. The number of anilines is 1. The van der Waals surface area contributed by atoms with Gasteiger partial charge in [0.05, 0.1) is 17.6 Å². The number of pyridine rings is 1. The molecule has 1 atom stereocenters. The Morgan fingerprint density at radius 3 is 2.69 bits per heavy atom. The van der Waals surface area contributed by atoms with Gasteiger partial charge in [-0.1, -0.05) is 6.92 Å². The fraction of sp³-hybridized carbons (Fsp3) is 0.615. The fourth-order valence-corrected chi connectivity index (χ4v) is 2.02. The van der Waals surface area contributed by atoms with Gasteiger partial charge in [-0.3, -0.25) is 4.98 Å². The van der Waals surface area contributed by atoms with Crippen LogP contribution in [0.5, 0.6) is 0 Å². The van der Waals surface area contributed by atoms with Crippen molar-refractivity contribution in [3.63, 3.8) is 0 Å². The summed E-state index contributed by atoms with van der Waals surface area (Å²) in [4.78, 5) is 6.78. The van der Waals surface area contributed by atoms with E-state index in [0.717, 1.165) is 12.1 Å². The summed E-state index contributed by atoms with van der Waals surface area (Å²) in [5, 5.41) is 0. The van der Waals surface area contributed by atoms with Crippen LogP contribution in [0.3, 0.4) is 0 Å². The van der Waals surface area contributed by atoms with Crippen molar-refractivity contribution in [2.75, 3.05) is 11.9 Å². The molecule has 1 aliphatic carbocycles. The topological polar surface area (TPSA) is 42.1 Å². The molecular weight excluding hydrogens is 198 g/mol. The van der Waals surface area contributed by atoms with E-state index in [1.165, 1.54) is 24.9 Å². The number of hydrogen-bond acceptors (Lipinski definition) is 3. The van der Waals surface area contributed by atoms with Crippen molar-refractivity contribution < 1.29 is 0 Å². The lowest BCUT2D eigenvalue weighted by Gasteiger charge is -2.36. The lowest BCUT2D eigenvalue weighted by atomic mass is 9.91. The highest BCUT2D eigenvalue weighted by Gasteiger charge is 2.22. The average Bonchev–Trinajstić information content (AvgIpc) is 2.26. The van der Waals surface area contributed by atoms with Gasteiger partial charge in [0.25, 0.3) is 0 Å². The molecule has 1 heterocycles. The van der Waals surface area contributed by atoms with E-state index in [1.807, 2.05) is 6.20 Å². The van der Waals surface area contributed by atoms with E-state index in [1.54, 1.807) is 0 Å². The van der Waals surface area contributed by atoms with Crippen LogP contribution in [-0.4, -0.2) is 18.1 Å². The molecule has 0 spiro atoms. The van der Waals surface area contributed by atoms with E-state index in [2.05, 4.69) is 36.0 Å². The molecule has 0 radical (unpaired) electrons. The van der Waals surface area contributed by atoms with Gasteiger partial charge in [0.1, 0.15) is 0 Å². The van der Waals surface area contributed by atoms with E-state index in [0.29, 0.717) is 6.04 Å². The van der Waals surface area contributed by atoms with E-state index in [9.17, 15) is 0 Å². The van der Waals surface area contributed by atoms with E-state index in [-0.39, 0.29) is 6.04 Å². The number of hydrogen-bond donors (Lipinski definition) is 1. The second-order valence-electron chi connectivity index (χ2n) is 4.65. The molecule has 2 N–H and O–H groups in total. The highest BCUT2D eigenvalue weighted by atomic mass is 15.1. The van der Waals surface area contributed by atoms with Crippen LogP contribution < -0.4 is 10.6 Å². The van der Waals surface area contributed by atoms with Crippen molar-refractivity contribution in [1.82, 2.24) is 4.98 Å². The van der Waals surface area contributed by atoms with Gasteiger partial charge in [-0.15, -0.1) is 0 Å². The predicted molar refractivity (Wildman–Crippen MR) is 67.5 cm³/mol. The molecule has 1 aliphatic rings. The second-order valence-corrected chi connectivity index (χ2v) is 4.65. The van der Waals surface area contributed by atoms with E-state index >= 15 is 0 Å². The molecule has 1 aromatic heterocycles. The minimum atomic E-state index is 0.0723. The zero-order valence-electron chi connectivity index (χ0n) is 10.2. The Morgan fingerprint density at radius 1 is 1.50 bits per heavy atom. The molecule has 0 bridgehead atoms. The monoisotopic (exact) mass is 219 g/mol. The number of aromatic nitrogens is 1. The smallest absolute Gasteiger partial charge is 0.0572 e. The molecule has 3 nitrogen and oxygen atoms in total. The summed E-state index contributed by atoms with van der Waals surface area (Å²) in [6.07, 6.45) is 6.87. The van der Waals surface area contributed by atoms with Crippen LogP contribution in [0.15, 0.2) is 18.3 Å². The number of nitrogens with zero attached hydrogens (tertiary/aromatic N) is 2. The maximum Gasteiger partial charge on any atom is 0.0572 e. The third-order valence-corrected chi connectivity index (χ3v) is 3.62. The zero-order valence-corrected chi connectivity index (χ0v) is 10.2. The number of nitrogens with two attached hydrogens (primary N) is 1. The molecule has 0 amide bonds. The summed E-state index contributed by atoms with van der Waals surface area (Å²) in [5.74, 6) is 0. The maximum absolute atomic E-state index is 5.94. The molecule has 0 saturated heterocycles. The Bertz CT molecular complexity index is 330.